The third-order valence-corrected chi connectivity index (χ3v) is 2.96. The number of carbonyl (C=O) groups excluding carboxylic acids is 1. The molecule has 7 heteroatoms. The maximum absolute atomic E-state index is 13.6. The summed E-state index contributed by atoms with van der Waals surface area (Å²) in [7, 11) is 0. The van der Waals surface area contributed by atoms with Gasteiger partial charge in [0.2, 0.25) is 6.41 Å². The lowest BCUT2D eigenvalue weighted by Gasteiger charge is -2.25. The first kappa shape index (κ1) is 13.4. The molecule has 1 aromatic carbocycles. The molecule has 0 bridgehead atoms. The molecule has 0 spiro atoms. The molecule has 1 N–H and O–H groups in total. The zero-order valence-corrected chi connectivity index (χ0v) is 9.65. The van der Waals surface area contributed by atoms with Crippen molar-refractivity contribution < 1.29 is 27.9 Å². The molecule has 0 aromatic heterocycles. The van der Waals surface area contributed by atoms with Gasteiger partial charge in [-0.2, -0.15) is 0 Å². The van der Waals surface area contributed by atoms with E-state index in [-0.39, 0.29) is 18.5 Å². The number of hydrogen-bond acceptors (Lipinski definition) is 2. The Balaban J connectivity index is 2.46. The highest BCUT2D eigenvalue weighted by Crippen LogP contribution is 2.34. The molecule has 19 heavy (non-hydrogen) atoms. The fourth-order valence-corrected chi connectivity index (χ4v) is 1.90. The molecular formula is C12H10F3NO3. The molecule has 1 saturated carbocycles. The lowest BCUT2D eigenvalue weighted by molar-refractivity contribution is -0.147. The molecule has 102 valence electrons. The number of carboxylic acids is 1. The van der Waals surface area contributed by atoms with Crippen LogP contribution in [0.4, 0.5) is 13.2 Å². The van der Waals surface area contributed by atoms with Crippen LogP contribution in [0.2, 0.25) is 0 Å². The van der Waals surface area contributed by atoms with Crippen LogP contribution in [0.1, 0.15) is 24.4 Å². The van der Waals surface area contributed by atoms with E-state index in [9.17, 15) is 22.8 Å². The Kier molecular flexibility index (Phi) is 3.46. The van der Waals surface area contributed by atoms with Gasteiger partial charge in [0.15, 0.2) is 17.7 Å². The van der Waals surface area contributed by atoms with Gasteiger partial charge < -0.3 is 10.0 Å². The predicted molar refractivity (Wildman–Crippen MR) is 57.6 cm³/mol. The van der Waals surface area contributed by atoms with Crippen LogP contribution in [0.5, 0.6) is 0 Å². The first-order valence-corrected chi connectivity index (χ1v) is 5.55. The summed E-state index contributed by atoms with van der Waals surface area (Å²) in [4.78, 5) is 23.1. The van der Waals surface area contributed by atoms with Crippen LogP contribution in [0.15, 0.2) is 12.1 Å². The van der Waals surface area contributed by atoms with Gasteiger partial charge in [0.1, 0.15) is 5.82 Å². The van der Waals surface area contributed by atoms with E-state index in [2.05, 4.69) is 0 Å². The average Bonchev–Trinajstić information content (AvgIpc) is 3.15. The smallest absolute Gasteiger partial charge is 0.331 e. The van der Waals surface area contributed by atoms with E-state index in [1.165, 1.54) is 0 Å². The summed E-state index contributed by atoms with van der Waals surface area (Å²) >= 11 is 0. The maximum atomic E-state index is 13.6. The van der Waals surface area contributed by atoms with E-state index in [1.54, 1.807) is 0 Å². The number of benzene rings is 1. The van der Waals surface area contributed by atoms with E-state index >= 15 is 0 Å². The second-order valence-corrected chi connectivity index (χ2v) is 4.31. The van der Waals surface area contributed by atoms with Gasteiger partial charge in [-0.3, -0.25) is 4.79 Å². The van der Waals surface area contributed by atoms with E-state index in [0.717, 1.165) is 4.90 Å². The second kappa shape index (κ2) is 4.91. The molecule has 1 fully saturated rings. The van der Waals surface area contributed by atoms with Crippen molar-refractivity contribution in [3.63, 3.8) is 0 Å². The number of halogens is 3. The monoisotopic (exact) mass is 273 g/mol. The van der Waals surface area contributed by atoms with Crippen molar-refractivity contribution in [1.29, 1.82) is 0 Å². The summed E-state index contributed by atoms with van der Waals surface area (Å²) in [6.45, 7) is 0. The highest BCUT2D eigenvalue weighted by molar-refractivity contribution is 5.78. The van der Waals surface area contributed by atoms with Crippen molar-refractivity contribution in [3.8, 4) is 0 Å². The Hall–Kier alpha value is -2.05. The van der Waals surface area contributed by atoms with Crippen molar-refractivity contribution in [3.05, 3.63) is 35.1 Å². The molecule has 0 aliphatic heterocycles. The average molecular weight is 273 g/mol. The van der Waals surface area contributed by atoms with Crippen molar-refractivity contribution in [2.75, 3.05) is 0 Å². The molecule has 1 amide bonds. The van der Waals surface area contributed by atoms with Gasteiger partial charge in [0, 0.05) is 17.7 Å². The highest BCUT2D eigenvalue weighted by atomic mass is 19.2. The first-order chi connectivity index (χ1) is 8.95. The van der Waals surface area contributed by atoms with Gasteiger partial charge in [-0.1, -0.05) is 0 Å². The SMILES string of the molecule is O=CN(C1CC1)C(C(=O)O)c1cc(F)c(F)cc1F. The minimum absolute atomic E-state index is 0.274. The molecule has 1 aliphatic carbocycles. The molecule has 2 rings (SSSR count). The molecule has 1 unspecified atom stereocenters. The fourth-order valence-electron chi connectivity index (χ4n) is 1.90. The van der Waals surface area contributed by atoms with Crippen molar-refractivity contribution in [1.82, 2.24) is 4.90 Å². The van der Waals surface area contributed by atoms with Crippen LogP contribution in [-0.2, 0) is 9.59 Å². The van der Waals surface area contributed by atoms with Gasteiger partial charge in [-0.25, -0.2) is 18.0 Å². The lowest BCUT2D eigenvalue weighted by Crippen LogP contribution is -2.35. The molecular weight excluding hydrogens is 263 g/mol. The number of amides is 1. The van der Waals surface area contributed by atoms with Crippen molar-refractivity contribution in [2.24, 2.45) is 0 Å². The van der Waals surface area contributed by atoms with Gasteiger partial charge >= 0.3 is 5.97 Å². The number of carbonyl (C=O) groups is 2. The third-order valence-electron chi connectivity index (χ3n) is 2.96. The summed E-state index contributed by atoms with van der Waals surface area (Å²) in [5.41, 5.74) is -0.564. The fraction of sp³-hybridized carbons (Fsp3) is 0.333. The molecule has 1 aromatic rings. The zero-order chi connectivity index (χ0) is 14.2. The first-order valence-electron chi connectivity index (χ1n) is 5.55. The molecule has 1 aliphatic rings. The molecule has 0 radical (unpaired) electrons. The van der Waals surface area contributed by atoms with Crippen LogP contribution in [0.25, 0.3) is 0 Å². The van der Waals surface area contributed by atoms with Crippen molar-refractivity contribution in [2.45, 2.75) is 24.9 Å². The van der Waals surface area contributed by atoms with E-state index in [1.807, 2.05) is 0 Å². The van der Waals surface area contributed by atoms with Gasteiger partial charge in [0.25, 0.3) is 0 Å². The number of rotatable bonds is 5. The normalized spacial score (nSPS) is 15.9. The van der Waals surface area contributed by atoms with Crippen LogP contribution in [0, 0.1) is 17.5 Å². The molecule has 0 heterocycles. The minimum Gasteiger partial charge on any atom is -0.479 e. The Morgan fingerprint density at radius 3 is 2.32 bits per heavy atom. The summed E-state index contributed by atoms with van der Waals surface area (Å²) < 4.78 is 39.6. The number of nitrogens with zero attached hydrogens (tertiary/aromatic N) is 1. The lowest BCUT2D eigenvalue weighted by atomic mass is 10.0. The number of carboxylic acid groups (broad SMARTS) is 1. The van der Waals surface area contributed by atoms with Gasteiger partial charge in [0.05, 0.1) is 0 Å². The number of aliphatic carboxylic acids is 1. The Bertz CT molecular complexity index is 531. The zero-order valence-electron chi connectivity index (χ0n) is 9.65. The highest BCUT2D eigenvalue weighted by Gasteiger charge is 2.39. The van der Waals surface area contributed by atoms with E-state index < -0.39 is 35.0 Å². The van der Waals surface area contributed by atoms with Gasteiger partial charge in [-0.05, 0) is 18.9 Å². The van der Waals surface area contributed by atoms with E-state index in [4.69, 9.17) is 5.11 Å². The summed E-state index contributed by atoms with van der Waals surface area (Å²) in [6.07, 6.45) is 1.50. The van der Waals surface area contributed by atoms with Crippen LogP contribution < -0.4 is 0 Å². The largest absolute Gasteiger partial charge is 0.479 e. The van der Waals surface area contributed by atoms with Crippen molar-refractivity contribution >= 4 is 12.4 Å². The quantitative estimate of drug-likeness (QED) is 0.658. The Labute approximate surface area is 106 Å². The van der Waals surface area contributed by atoms with Crippen LogP contribution in [0.3, 0.4) is 0 Å². The predicted octanol–water partition coefficient (Wildman–Crippen LogP) is 1.85. The Morgan fingerprint density at radius 1 is 1.26 bits per heavy atom. The third kappa shape index (κ3) is 2.54. The summed E-state index contributed by atoms with van der Waals surface area (Å²) in [6, 6.07) is -1.20. The summed E-state index contributed by atoms with van der Waals surface area (Å²) in [5, 5.41) is 9.11. The standard InChI is InChI=1S/C12H10F3NO3/c13-8-4-10(15)9(14)3-7(8)11(12(18)19)16(5-17)6-1-2-6/h3-6,11H,1-2H2,(H,18,19). The molecule has 1 atom stereocenters. The number of hydrogen-bond donors (Lipinski definition) is 1. The van der Waals surface area contributed by atoms with Crippen LogP contribution in [-0.4, -0.2) is 28.4 Å². The topological polar surface area (TPSA) is 57.6 Å². The Morgan fingerprint density at radius 2 is 1.84 bits per heavy atom. The second-order valence-electron chi connectivity index (χ2n) is 4.31. The molecule has 0 saturated heterocycles. The molecule has 4 nitrogen and oxygen atoms in total. The van der Waals surface area contributed by atoms with Crippen LogP contribution >= 0.6 is 0 Å². The maximum Gasteiger partial charge on any atom is 0.331 e. The van der Waals surface area contributed by atoms with E-state index in [0.29, 0.717) is 18.9 Å². The van der Waals surface area contributed by atoms with Gasteiger partial charge in [-0.15, -0.1) is 0 Å². The minimum atomic E-state index is -1.65. The summed E-state index contributed by atoms with van der Waals surface area (Å²) in [5.74, 6) is -5.46.